The summed E-state index contributed by atoms with van der Waals surface area (Å²) in [5.74, 6) is -0.643. The smallest absolute Gasteiger partial charge is 0.250 e. The molecule has 0 saturated heterocycles. The number of anilines is 1. The number of benzene rings is 2. The van der Waals surface area contributed by atoms with E-state index in [0.29, 0.717) is 16.4 Å². The van der Waals surface area contributed by atoms with Crippen molar-refractivity contribution in [2.75, 3.05) is 12.4 Å². The van der Waals surface area contributed by atoms with Crippen LogP contribution in [0.4, 0.5) is 9.52 Å². The van der Waals surface area contributed by atoms with Crippen LogP contribution in [0, 0.1) is 5.82 Å². The summed E-state index contributed by atoms with van der Waals surface area (Å²) in [6, 6.07) is 14.1. The maximum atomic E-state index is 13.9. The molecule has 0 unspecified atom stereocenters. The fraction of sp³-hybridized carbons (Fsp3) is 0.0500. The predicted molar refractivity (Wildman–Crippen MR) is 114 cm³/mol. The summed E-state index contributed by atoms with van der Waals surface area (Å²) in [4.78, 5) is 16.3. The Morgan fingerprint density at radius 1 is 1.25 bits per heavy atom. The molecular formula is C20H16FN3O2S2. The van der Waals surface area contributed by atoms with Crippen LogP contribution >= 0.6 is 23.6 Å². The van der Waals surface area contributed by atoms with Crippen LogP contribution in [-0.2, 0) is 4.79 Å². The SMILES string of the molecule is COc1ccc(-c2csc(NC(=S)NC(=O)/C=C/c3ccccc3)n2)cc1F. The summed E-state index contributed by atoms with van der Waals surface area (Å²) in [5.41, 5.74) is 2.11. The summed E-state index contributed by atoms with van der Waals surface area (Å²) in [7, 11) is 1.41. The quantitative estimate of drug-likeness (QED) is 0.477. The number of methoxy groups -OCH3 is 1. The van der Waals surface area contributed by atoms with Gasteiger partial charge in [-0.15, -0.1) is 11.3 Å². The standard InChI is InChI=1S/C20H16FN3O2S2/c1-26-17-9-8-14(11-15(17)21)16-12-28-20(22-16)24-19(27)23-18(25)10-7-13-5-3-2-4-6-13/h2-12H,1H3,(H2,22,23,24,25,27)/b10-7+. The molecule has 0 aliphatic rings. The molecule has 0 aliphatic heterocycles. The Kier molecular flexibility index (Phi) is 6.46. The van der Waals surface area contributed by atoms with Crippen molar-refractivity contribution in [3.05, 3.63) is 71.4 Å². The Hall–Kier alpha value is -3.10. The maximum Gasteiger partial charge on any atom is 0.250 e. The number of hydrogen-bond donors (Lipinski definition) is 2. The number of halogens is 1. The second-order valence-corrected chi connectivity index (χ2v) is 6.84. The van der Waals surface area contributed by atoms with Crippen LogP contribution in [0.1, 0.15) is 5.56 Å². The van der Waals surface area contributed by atoms with Gasteiger partial charge in [-0.05, 0) is 42.1 Å². The van der Waals surface area contributed by atoms with Gasteiger partial charge in [0.25, 0.3) is 0 Å². The van der Waals surface area contributed by atoms with Gasteiger partial charge in [0.15, 0.2) is 21.8 Å². The van der Waals surface area contributed by atoms with E-state index in [0.717, 1.165) is 5.56 Å². The number of hydrogen-bond acceptors (Lipinski definition) is 5. The third-order valence-electron chi connectivity index (χ3n) is 3.64. The molecule has 142 valence electrons. The highest BCUT2D eigenvalue weighted by atomic mass is 32.1. The number of amides is 1. The lowest BCUT2D eigenvalue weighted by Gasteiger charge is -2.05. The van der Waals surface area contributed by atoms with Gasteiger partial charge in [-0.25, -0.2) is 9.37 Å². The highest BCUT2D eigenvalue weighted by molar-refractivity contribution is 7.80. The van der Waals surface area contributed by atoms with Gasteiger partial charge >= 0.3 is 0 Å². The predicted octanol–water partition coefficient (Wildman–Crippen LogP) is 4.48. The molecule has 0 radical (unpaired) electrons. The first-order valence-electron chi connectivity index (χ1n) is 8.19. The fourth-order valence-corrected chi connectivity index (χ4v) is 3.29. The lowest BCUT2D eigenvalue weighted by atomic mass is 10.1. The van der Waals surface area contributed by atoms with Gasteiger partial charge in [0, 0.05) is 17.0 Å². The molecule has 0 atom stereocenters. The van der Waals surface area contributed by atoms with Crippen LogP contribution < -0.4 is 15.4 Å². The monoisotopic (exact) mass is 413 g/mol. The van der Waals surface area contributed by atoms with Crippen molar-refractivity contribution < 1.29 is 13.9 Å². The Bertz CT molecular complexity index is 1020. The third-order valence-corrected chi connectivity index (χ3v) is 4.60. The molecular weight excluding hydrogens is 397 g/mol. The van der Waals surface area contributed by atoms with E-state index in [9.17, 15) is 9.18 Å². The minimum absolute atomic E-state index is 0.129. The number of nitrogens with zero attached hydrogens (tertiary/aromatic N) is 1. The van der Waals surface area contributed by atoms with Gasteiger partial charge < -0.3 is 10.1 Å². The highest BCUT2D eigenvalue weighted by Crippen LogP contribution is 2.28. The van der Waals surface area contributed by atoms with E-state index in [2.05, 4.69) is 15.6 Å². The molecule has 0 spiro atoms. The molecule has 1 aromatic heterocycles. The summed E-state index contributed by atoms with van der Waals surface area (Å²) < 4.78 is 18.8. The number of carbonyl (C=O) groups excluding carboxylic acids is 1. The van der Waals surface area contributed by atoms with Crippen LogP contribution in [0.5, 0.6) is 5.75 Å². The average molecular weight is 413 g/mol. The number of ether oxygens (including phenoxy) is 1. The molecule has 28 heavy (non-hydrogen) atoms. The lowest BCUT2D eigenvalue weighted by Crippen LogP contribution is -2.32. The molecule has 1 amide bonds. The van der Waals surface area contributed by atoms with Crippen molar-refractivity contribution in [3.8, 4) is 17.0 Å². The van der Waals surface area contributed by atoms with E-state index in [1.165, 1.54) is 30.6 Å². The summed E-state index contributed by atoms with van der Waals surface area (Å²) >= 11 is 6.43. The first-order valence-corrected chi connectivity index (χ1v) is 9.48. The summed E-state index contributed by atoms with van der Waals surface area (Å²) in [6.07, 6.45) is 3.09. The molecule has 0 bridgehead atoms. The molecule has 2 aromatic carbocycles. The molecule has 0 fully saturated rings. The number of carbonyl (C=O) groups is 1. The van der Waals surface area contributed by atoms with Crippen molar-refractivity contribution in [3.63, 3.8) is 0 Å². The van der Waals surface area contributed by atoms with Gasteiger partial charge in [-0.3, -0.25) is 10.1 Å². The van der Waals surface area contributed by atoms with Crippen molar-refractivity contribution in [2.45, 2.75) is 0 Å². The van der Waals surface area contributed by atoms with Gasteiger partial charge in [0.05, 0.1) is 12.8 Å². The topological polar surface area (TPSA) is 63.2 Å². The first kappa shape index (κ1) is 19.7. The van der Waals surface area contributed by atoms with Gasteiger partial charge in [0.2, 0.25) is 5.91 Å². The van der Waals surface area contributed by atoms with Crippen molar-refractivity contribution >= 4 is 45.8 Å². The summed E-state index contributed by atoms with van der Waals surface area (Å²) in [6.45, 7) is 0. The van der Waals surface area contributed by atoms with Gasteiger partial charge in [-0.1, -0.05) is 30.3 Å². The molecule has 3 rings (SSSR count). The van der Waals surface area contributed by atoms with E-state index in [-0.39, 0.29) is 16.8 Å². The van der Waals surface area contributed by atoms with E-state index < -0.39 is 5.82 Å². The zero-order valence-corrected chi connectivity index (χ0v) is 16.4. The zero-order chi connectivity index (χ0) is 19.9. The normalized spacial score (nSPS) is 10.6. The van der Waals surface area contributed by atoms with Crippen LogP contribution in [0.15, 0.2) is 60.0 Å². The number of thiocarbonyl (C=S) groups is 1. The van der Waals surface area contributed by atoms with Gasteiger partial charge in [-0.2, -0.15) is 0 Å². The maximum absolute atomic E-state index is 13.9. The third kappa shape index (κ3) is 5.21. The summed E-state index contributed by atoms with van der Waals surface area (Å²) in [5, 5.41) is 7.80. The number of aromatic nitrogens is 1. The van der Waals surface area contributed by atoms with Crippen molar-refractivity contribution in [1.29, 1.82) is 0 Å². The van der Waals surface area contributed by atoms with Crippen LogP contribution in [0.2, 0.25) is 0 Å². The van der Waals surface area contributed by atoms with Crippen molar-refractivity contribution in [1.82, 2.24) is 10.3 Å². The Labute approximate surface area is 170 Å². The zero-order valence-electron chi connectivity index (χ0n) is 14.8. The highest BCUT2D eigenvalue weighted by Gasteiger charge is 2.10. The fourth-order valence-electron chi connectivity index (χ4n) is 2.31. The first-order chi connectivity index (χ1) is 13.5. The second-order valence-electron chi connectivity index (χ2n) is 5.57. The number of thiazole rings is 1. The number of rotatable bonds is 5. The molecule has 2 N–H and O–H groups in total. The molecule has 8 heteroatoms. The Morgan fingerprint density at radius 3 is 2.75 bits per heavy atom. The van der Waals surface area contributed by atoms with Crippen LogP contribution in [-0.4, -0.2) is 23.1 Å². The second kappa shape index (κ2) is 9.20. The molecule has 5 nitrogen and oxygen atoms in total. The lowest BCUT2D eigenvalue weighted by molar-refractivity contribution is -0.115. The van der Waals surface area contributed by atoms with Crippen LogP contribution in [0.3, 0.4) is 0 Å². The van der Waals surface area contributed by atoms with E-state index in [1.54, 1.807) is 23.6 Å². The van der Waals surface area contributed by atoms with E-state index >= 15 is 0 Å². The minimum atomic E-state index is -0.463. The Morgan fingerprint density at radius 2 is 2.04 bits per heavy atom. The van der Waals surface area contributed by atoms with Crippen LogP contribution in [0.25, 0.3) is 17.3 Å². The van der Waals surface area contributed by atoms with Crippen molar-refractivity contribution in [2.24, 2.45) is 0 Å². The Balaban J connectivity index is 1.58. The average Bonchev–Trinajstić information content (AvgIpc) is 3.15. The van der Waals surface area contributed by atoms with Gasteiger partial charge in [0.1, 0.15) is 0 Å². The molecule has 1 heterocycles. The largest absolute Gasteiger partial charge is 0.494 e. The minimum Gasteiger partial charge on any atom is -0.494 e. The van der Waals surface area contributed by atoms with E-state index in [4.69, 9.17) is 17.0 Å². The molecule has 3 aromatic rings. The number of nitrogens with one attached hydrogen (secondary N) is 2. The molecule has 0 aliphatic carbocycles. The van der Waals surface area contributed by atoms with E-state index in [1.807, 2.05) is 30.3 Å². The molecule has 0 saturated carbocycles.